The van der Waals surface area contributed by atoms with Crippen LogP contribution in [0.15, 0.2) is 0 Å². The van der Waals surface area contributed by atoms with Gasteiger partial charge in [-0.1, -0.05) is 0 Å². The number of aliphatic hydroxyl groups is 5. The zero-order chi connectivity index (χ0) is 28.0. The molecule has 0 spiro atoms. The summed E-state index contributed by atoms with van der Waals surface area (Å²) in [6.07, 6.45) is -15.0. The fraction of sp³-hybridized carbons (Fsp3) is 0.857. The van der Waals surface area contributed by atoms with Crippen LogP contribution in [0, 0.1) is 0 Å². The number of amides is 3. The predicted octanol–water partition coefficient (Wildman–Crippen LogP) is -6.33. The second kappa shape index (κ2) is 13.9. The fourth-order valence-electron chi connectivity index (χ4n) is 4.14. The molecule has 3 saturated heterocycles. The van der Waals surface area contributed by atoms with Gasteiger partial charge in [-0.15, -0.1) is 0 Å². The molecular formula is C21H36N4O13. The summed E-state index contributed by atoms with van der Waals surface area (Å²) in [5.41, 5.74) is 5.21. The number of carbonyl (C=O) groups is 3. The second-order valence-electron chi connectivity index (χ2n) is 9.19. The van der Waals surface area contributed by atoms with Crippen LogP contribution in [0.4, 0.5) is 0 Å². The molecule has 17 heteroatoms. The Balaban J connectivity index is 1.78. The van der Waals surface area contributed by atoms with E-state index in [0.717, 1.165) is 0 Å². The number of hydrogen-bond acceptors (Lipinski definition) is 14. The van der Waals surface area contributed by atoms with Gasteiger partial charge in [-0.2, -0.15) is 0 Å². The monoisotopic (exact) mass is 552 g/mol. The van der Waals surface area contributed by atoms with Crippen molar-refractivity contribution in [2.75, 3.05) is 45.9 Å². The van der Waals surface area contributed by atoms with E-state index in [-0.39, 0.29) is 45.9 Å². The van der Waals surface area contributed by atoms with E-state index in [1.165, 1.54) is 11.8 Å². The maximum atomic E-state index is 12.3. The number of nitrogens with zero attached hydrogens (tertiary/aromatic N) is 1. The molecule has 0 aromatic rings. The maximum Gasteiger partial charge on any atom is 0.234 e. The molecular weight excluding hydrogens is 516 g/mol. The van der Waals surface area contributed by atoms with Gasteiger partial charge < -0.3 is 65.6 Å². The number of nitrogens with one attached hydrogen (secondary N) is 2. The summed E-state index contributed by atoms with van der Waals surface area (Å²) in [4.78, 5) is 37.2. The van der Waals surface area contributed by atoms with E-state index >= 15 is 0 Å². The van der Waals surface area contributed by atoms with Gasteiger partial charge in [-0.3, -0.25) is 19.3 Å². The molecule has 2 bridgehead atoms. The molecule has 9 N–H and O–H groups in total. The van der Waals surface area contributed by atoms with Crippen LogP contribution in [-0.2, 0) is 38.1 Å². The van der Waals surface area contributed by atoms with Gasteiger partial charge in [0.15, 0.2) is 18.9 Å². The predicted molar refractivity (Wildman–Crippen MR) is 121 cm³/mol. The van der Waals surface area contributed by atoms with Crippen LogP contribution in [0.1, 0.15) is 6.92 Å². The minimum absolute atomic E-state index is 0.0432. The highest BCUT2D eigenvalue weighted by Crippen LogP contribution is 2.29. The van der Waals surface area contributed by atoms with Crippen molar-refractivity contribution in [2.24, 2.45) is 5.73 Å². The number of hydrogen-bond donors (Lipinski definition) is 8. The van der Waals surface area contributed by atoms with E-state index in [1.54, 1.807) is 0 Å². The van der Waals surface area contributed by atoms with Gasteiger partial charge in [0.05, 0.1) is 39.0 Å². The van der Waals surface area contributed by atoms with Gasteiger partial charge in [0.25, 0.3) is 0 Å². The lowest BCUT2D eigenvalue weighted by atomic mass is 9.99. The SMILES string of the molecule is C[C@@H]1O[C@H]2OCCNC(=O)CN(CC(N)=O)CC(=O)NCCO[C@@H]3O[C@@H](O[C@H]2[C@H](O)[C@@H]1O)[C@@H](O)[C@@H](O)[C@@H]3O. The standard InChI is InChI=1S/C21H36N4O13/c1-9-13(29)15(31)18-21(36-9)35-5-3-24-12(28)8-25(6-10(22)26)7-11(27)23-2-4-34-19-16(32)14(30)17(33)20(37-18)38-19/h9,13-21,29-33H,2-8H2,1H3,(H2,22,26)(H,23,27)(H,24,28)/t9-,13+,14-,15+,16-,17-,18-,19+,20+,21+/m0/s1. The number of rotatable bonds is 2. The first-order valence-electron chi connectivity index (χ1n) is 12.1. The number of carbonyl (C=O) groups excluding carboxylic acids is 3. The average Bonchev–Trinajstić information content (AvgIpc) is 2.85. The number of primary amides is 1. The minimum Gasteiger partial charge on any atom is -0.388 e. The van der Waals surface area contributed by atoms with E-state index in [0.29, 0.717) is 0 Å². The lowest BCUT2D eigenvalue weighted by Gasteiger charge is -2.45. The largest absolute Gasteiger partial charge is 0.388 e. The zero-order valence-corrected chi connectivity index (χ0v) is 20.7. The Bertz CT molecular complexity index is 822. The van der Waals surface area contributed by atoms with Crippen molar-refractivity contribution >= 4 is 17.7 Å². The van der Waals surface area contributed by atoms with E-state index < -0.39 is 79.3 Å². The van der Waals surface area contributed by atoms with Gasteiger partial charge in [-0.25, -0.2) is 0 Å². The summed E-state index contributed by atoms with van der Waals surface area (Å²) in [6.45, 7) is -0.00166. The summed E-state index contributed by atoms with van der Waals surface area (Å²) in [6, 6.07) is 0. The summed E-state index contributed by atoms with van der Waals surface area (Å²) in [7, 11) is 0. The summed E-state index contributed by atoms with van der Waals surface area (Å²) in [5.74, 6) is -1.82. The van der Waals surface area contributed by atoms with E-state index in [4.69, 9.17) is 29.4 Å². The fourth-order valence-corrected chi connectivity index (χ4v) is 4.14. The molecule has 3 fully saturated rings. The van der Waals surface area contributed by atoms with Crippen LogP contribution in [-0.4, -0.2) is 156 Å². The Kier molecular flexibility index (Phi) is 11.1. The normalized spacial score (nSPS) is 41.0. The minimum atomic E-state index is -1.78. The molecule has 3 rings (SSSR count). The number of ether oxygens (including phenoxy) is 5. The van der Waals surface area contributed by atoms with Crippen molar-refractivity contribution in [3.05, 3.63) is 0 Å². The number of aliphatic hydroxyl groups excluding tert-OH is 5. The molecule has 17 nitrogen and oxygen atoms in total. The van der Waals surface area contributed by atoms with Crippen molar-refractivity contribution in [3.63, 3.8) is 0 Å². The van der Waals surface area contributed by atoms with Crippen molar-refractivity contribution in [1.82, 2.24) is 15.5 Å². The molecule has 3 amide bonds. The van der Waals surface area contributed by atoms with E-state index in [2.05, 4.69) is 10.6 Å². The third kappa shape index (κ3) is 7.99. The van der Waals surface area contributed by atoms with Crippen LogP contribution < -0.4 is 16.4 Å². The molecule has 10 atom stereocenters. The highest BCUT2D eigenvalue weighted by molar-refractivity contribution is 5.83. The summed E-state index contributed by atoms with van der Waals surface area (Å²) < 4.78 is 27.7. The lowest BCUT2D eigenvalue weighted by Crippen LogP contribution is -2.64. The van der Waals surface area contributed by atoms with Crippen LogP contribution >= 0.6 is 0 Å². The molecule has 0 saturated carbocycles. The Morgan fingerprint density at radius 1 is 0.816 bits per heavy atom. The molecule has 3 aliphatic rings. The Hall–Kier alpha value is -2.03. The van der Waals surface area contributed by atoms with E-state index in [9.17, 15) is 39.9 Å². The first-order chi connectivity index (χ1) is 18.0. The van der Waals surface area contributed by atoms with Crippen LogP contribution in [0.2, 0.25) is 0 Å². The average molecular weight is 553 g/mol. The highest BCUT2D eigenvalue weighted by Gasteiger charge is 2.50. The van der Waals surface area contributed by atoms with Gasteiger partial charge in [0.2, 0.25) is 17.7 Å². The van der Waals surface area contributed by atoms with Gasteiger partial charge in [0.1, 0.15) is 36.6 Å². The second-order valence-corrected chi connectivity index (χ2v) is 9.19. The third-order valence-electron chi connectivity index (χ3n) is 6.13. The smallest absolute Gasteiger partial charge is 0.234 e. The van der Waals surface area contributed by atoms with Crippen LogP contribution in [0.25, 0.3) is 0 Å². The molecule has 0 unspecified atom stereocenters. The van der Waals surface area contributed by atoms with Gasteiger partial charge >= 0.3 is 0 Å². The van der Waals surface area contributed by atoms with Gasteiger partial charge in [-0.05, 0) is 6.92 Å². The van der Waals surface area contributed by atoms with Crippen molar-refractivity contribution in [3.8, 4) is 0 Å². The van der Waals surface area contributed by atoms with Gasteiger partial charge in [0, 0.05) is 13.1 Å². The molecule has 0 aromatic heterocycles. The quantitative estimate of drug-likeness (QED) is 0.159. The van der Waals surface area contributed by atoms with Crippen LogP contribution in [0.5, 0.6) is 0 Å². The third-order valence-corrected chi connectivity index (χ3v) is 6.13. The highest BCUT2D eigenvalue weighted by atomic mass is 16.8. The molecule has 0 aliphatic carbocycles. The van der Waals surface area contributed by atoms with Crippen molar-refractivity contribution < 1.29 is 63.6 Å². The molecule has 0 radical (unpaired) electrons. The summed E-state index contributed by atoms with van der Waals surface area (Å²) in [5, 5.41) is 56.9. The molecule has 3 aliphatic heterocycles. The lowest BCUT2D eigenvalue weighted by molar-refractivity contribution is -0.387. The van der Waals surface area contributed by atoms with E-state index in [1.807, 2.05) is 0 Å². The Morgan fingerprint density at radius 3 is 1.95 bits per heavy atom. The topological polar surface area (TPSA) is 252 Å². The number of nitrogens with two attached hydrogens (primary N) is 1. The molecule has 3 heterocycles. The maximum absolute atomic E-state index is 12.3. The number of fused-ring (bicyclic) bond motifs is 3. The van der Waals surface area contributed by atoms with Crippen LogP contribution in [0.3, 0.4) is 0 Å². The Morgan fingerprint density at radius 2 is 1.37 bits per heavy atom. The Labute approximate surface area is 217 Å². The van der Waals surface area contributed by atoms with Crippen molar-refractivity contribution in [2.45, 2.75) is 68.5 Å². The zero-order valence-electron chi connectivity index (χ0n) is 20.7. The molecule has 38 heavy (non-hydrogen) atoms. The first-order valence-corrected chi connectivity index (χ1v) is 12.1. The molecule has 0 aromatic carbocycles. The van der Waals surface area contributed by atoms with Crippen molar-refractivity contribution in [1.29, 1.82) is 0 Å². The molecule has 218 valence electrons. The first kappa shape index (κ1) is 30.5. The summed E-state index contributed by atoms with van der Waals surface area (Å²) >= 11 is 0.